The fourth-order valence-electron chi connectivity index (χ4n) is 4.08. The van der Waals surface area contributed by atoms with Crippen LogP contribution in [0.4, 0.5) is 0 Å². The Kier molecular flexibility index (Phi) is 8.07. The summed E-state index contributed by atoms with van der Waals surface area (Å²) in [6, 6.07) is 6.57. The minimum absolute atomic E-state index is 0.312. The molecule has 0 aliphatic rings. The van der Waals surface area contributed by atoms with Crippen molar-refractivity contribution in [2.45, 2.75) is 71.1 Å². The van der Waals surface area contributed by atoms with Gasteiger partial charge in [0.1, 0.15) is 0 Å². The lowest BCUT2D eigenvalue weighted by Gasteiger charge is -2.01. The Morgan fingerprint density at radius 1 is 0.700 bits per heavy atom. The molecule has 1 nitrogen and oxygen atoms in total. The predicted molar refractivity (Wildman–Crippen MR) is 144 cm³/mol. The third-order valence-electron chi connectivity index (χ3n) is 5.66. The first-order chi connectivity index (χ1) is 14.6. The minimum atomic E-state index is 0.312. The number of carbonyl (C=O) groups excluding carboxylic acids is 1. The Hall–Kier alpha value is -0.270. The lowest BCUT2D eigenvalue weighted by molar-refractivity contribution is 0.0983. The maximum absolute atomic E-state index is 12.9. The molecule has 1 aromatic carbocycles. The van der Waals surface area contributed by atoms with Crippen molar-refractivity contribution in [2.24, 2.45) is 0 Å². The summed E-state index contributed by atoms with van der Waals surface area (Å²) in [5.41, 5.74) is 0. The summed E-state index contributed by atoms with van der Waals surface area (Å²) in [5.74, 6) is 0.312. The van der Waals surface area contributed by atoms with Crippen LogP contribution in [-0.2, 0) is 0 Å². The van der Waals surface area contributed by atoms with Crippen LogP contribution < -0.4 is 0 Å². The van der Waals surface area contributed by atoms with Gasteiger partial charge in [-0.1, -0.05) is 58.3 Å². The van der Waals surface area contributed by atoms with Gasteiger partial charge in [0.15, 0.2) is 5.78 Å². The molecule has 0 aliphatic carbocycles. The van der Waals surface area contributed by atoms with Crippen LogP contribution in [0.25, 0.3) is 30.3 Å². The molecule has 3 heterocycles. The number of rotatable bonds is 11. The molecule has 0 N–H and O–H groups in total. The number of carbonyl (C=O) groups is 1. The number of Topliss-reactive ketones (excluding diaryl/α,β-unsaturated/α-hetero) is 1. The molecule has 160 valence electrons. The van der Waals surface area contributed by atoms with Gasteiger partial charge in [-0.05, 0) is 56.5 Å². The average molecular weight is 586 g/mol. The molecule has 0 radical (unpaired) electrons. The van der Waals surface area contributed by atoms with Gasteiger partial charge in [0.2, 0.25) is 0 Å². The number of fused-ring (bicyclic) bond motifs is 6. The van der Waals surface area contributed by atoms with Gasteiger partial charge in [-0.15, -0.1) is 34.0 Å². The van der Waals surface area contributed by atoms with Crippen molar-refractivity contribution in [1.82, 2.24) is 0 Å². The highest BCUT2D eigenvalue weighted by atomic mass is 79.9. The summed E-state index contributed by atoms with van der Waals surface area (Å²) in [6.07, 6.45) is 12.2. The van der Waals surface area contributed by atoms with Gasteiger partial charge < -0.3 is 0 Å². The summed E-state index contributed by atoms with van der Waals surface area (Å²) >= 11 is 12.5. The Morgan fingerprint density at radius 2 is 1.23 bits per heavy atom. The summed E-state index contributed by atoms with van der Waals surface area (Å²) < 4.78 is 6.12. The second-order valence-electron chi connectivity index (χ2n) is 7.94. The van der Waals surface area contributed by atoms with Gasteiger partial charge in [-0.2, -0.15) is 0 Å². The van der Waals surface area contributed by atoms with E-state index >= 15 is 0 Å². The Balaban J connectivity index is 1.43. The van der Waals surface area contributed by atoms with Gasteiger partial charge in [0.25, 0.3) is 0 Å². The van der Waals surface area contributed by atoms with Crippen LogP contribution in [0.3, 0.4) is 0 Å². The predicted octanol–water partition coefficient (Wildman–Crippen LogP) is 11.0. The molecule has 0 bridgehead atoms. The smallest absolute Gasteiger partial charge is 0.172 e. The molecular formula is C24H26Br2OS3. The van der Waals surface area contributed by atoms with Crippen molar-refractivity contribution in [3.8, 4) is 0 Å². The van der Waals surface area contributed by atoms with Crippen molar-refractivity contribution in [2.75, 3.05) is 0 Å². The quantitative estimate of drug-likeness (QED) is 0.126. The summed E-state index contributed by atoms with van der Waals surface area (Å²) in [7, 11) is 0. The normalized spacial score (nSPS) is 12.0. The third-order valence-corrected chi connectivity index (χ3v) is 10.3. The molecule has 0 amide bonds. The van der Waals surface area contributed by atoms with E-state index < -0.39 is 0 Å². The van der Waals surface area contributed by atoms with Crippen LogP contribution in [0.1, 0.15) is 80.8 Å². The van der Waals surface area contributed by atoms with Crippen molar-refractivity contribution in [1.29, 1.82) is 0 Å². The highest BCUT2D eigenvalue weighted by Crippen LogP contribution is 2.48. The molecular weight excluding hydrogens is 560 g/mol. The molecule has 0 aliphatic heterocycles. The summed E-state index contributed by atoms with van der Waals surface area (Å²) in [6.45, 7) is 2.26. The largest absolute Gasteiger partial charge is 0.293 e. The molecule has 4 aromatic rings. The van der Waals surface area contributed by atoms with E-state index in [1.807, 2.05) is 0 Å². The van der Waals surface area contributed by atoms with E-state index in [0.29, 0.717) is 12.2 Å². The Labute approximate surface area is 207 Å². The number of benzene rings is 1. The van der Waals surface area contributed by atoms with Gasteiger partial charge in [-0.25, -0.2) is 0 Å². The number of ketones is 1. The van der Waals surface area contributed by atoms with Gasteiger partial charge in [0.05, 0.1) is 21.8 Å². The van der Waals surface area contributed by atoms with Gasteiger partial charge in [0, 0.05) is 27.3 Å². The van der Waals surface area contributed by atoms with Crippen molar-refractivity contribution < 1.29 is 4.79 Å². The molecule has 0 saturated heterocycles. The van der Waals surface area contributed by atoms with Crippen molar-refractivity contribution in [3.05, 3.63) is 30.6 Å². The minimum Gasteiger partial charge on any atom is -0.293 e. The van der Waals surface area contributed by atoms with Crippen LogP contribution in [0, 0.1) is 0 Å². The van der Waals surface area contributed by atoms with Crippen LogP contribution >= 0.6 is 65.9 Å². The number of hydrogen-bond acceptors (Lipinski definition) is 4. The van der Waals surface area contributed by atoms with E-state index in [2.05, 4.69) is 57.0 Å². The maximum atomic E-state index is 12.9. The van der Waals surface area contributed by atoms with E-state index in [0.717, 1.165) is 18.9 Å². The zero-order valence-electron chi connectivity index (χ0n) is 17.2. The molecule has 6 heteroatoms. The first-order valence-electron chi connectivity index (χ1n) is 10.8. The van der Waals surface area contributed by atoms with Crippen LogP contribution in [-0.4, -0.2) is 5.78 Å². The molecule has 0 unspecified atom stereocenters. The lowest BCUT2D eigenvalue weighted by atomic mass is 10.0. The maximum Gasteiger partial charge on any atom is 0.172 e. The van der Waals surface area contributed by atoms with Gasteiger partial charge in [-0.3, -0.25) is 4.79 Å². The Bertz CT molecular complexity index is 1090. The summed E-state index contributed by atoms with van der Waals surface area (Å²) in [5, 5.41) is 3.81. The number of halogens is 2. The average Bonchev–Trinajstić information content (AvgIpc) is 3.42. The zero-order chi connectivity index (χ0) is 21.1. The monoisotopic (exact) mass is 584 g/mol. The van der Waals surface area contributed by atoms with Crippen LogP contribution in [0.5, 0.6) is 0 Å². The number of hydrogen-bond donors (Lipinski definition) is 0. The zero-order valence-corrected chi connectivity index (χ0v) is 22.8. The SMILES string of the molecule is CCCCCCCCCCCC(=O)c1cc2c3sc(Br)cc3c3cc(Br)sc3c2s1. The summed E-state index contributed by atoms with van der Waals surface area (Å²) in [4.78, 5) is 13.8. The fraction of sp³-hybridized carbons (Fsp3) is 0.458. The van der Waals surface area contributed by atoms with E-state index in [1.54, 1.807) is 34.0 Å². The highest BCUT2D eigenvalue weighted by molar-refractivity contribution is 9.11. The molecule has 0 atom stereocenters. The Morgan fingerprint density at radius 3 is 1.90 bits per heavy atom. The molecule has 4 rings (SSSR count). The van der Waals surface area contributed by atoms with Crippen molar-refractivity contribution in [3.63, 3.8) is 0 Å². The molecule has 0 spiro atoms. The van der Waals surface area contributed by atoms with E-state index in [-0.39, 0.29) is 0 Å². The van der Waals surface area contributed by atoms with E-state index in [1.165, 1.54) is 81.6 Å². The third kappa shape index (κ3) is 5.03. The first-order valence-corrected chi connectivity index (χ1v) is 14.9. The first kappa shape index (κ1) is 22.9. The van der Waals surface area contributed by atoms with Gasteiger partial charge >= 0.3 is 0 Å². The van der Waals surface area contributed by atoms with Crippen LogP contribution in [0.2, 0.25) is 0 Å². The standard InChI is InChI=1S/C24H26Br2OS3/c1-2-3-4-5-6-7-8-9-10-11-18(27)19-12-17-22-15(13-20(25)29-22)16-14-21(26)30-23(16)24(17)28-19/h12-14H,2-11H2,1H3. The van der Waals surface area contributed by atoms with Crippen molar-refractivity contribution >= 4 is 102 Å². The van der Waals surface area contributed by atoms with Crippen LogP contribution in [0.15, 0.2) is 25.8 Å². The second-order valence-corrected chi connectivity index (χ2v) is 13.9. The molecule has 3 aromatic heterocycles. The topological polar surface area (TPSA) is 17.1 Å². The highest BCUT2D eigenvalue weighted by Gasteiger charge is 2.18. The second kappa shape index (κ2) is 10.6. The number of unbranched alkanes of at least 4 members (excludes halogenated alkanes) is 8. The number of thiophene rings is 3. The lowest BCUT2D eigenvalue weighted by Crippen LogP contribution is -1.95. The van der Waals surface area contributed by atoms with E-state index in [4.69, 9.17) is 0 Å². The molecule has 30 heavy (non-hydrogen) atoms. The molecule has 0 fully saturated rings. The van der Waals surface area contributed by atoms with E-state index in [9.17, 15) is 4.79 Å². The fourth-order valence-corrected chi connectivity index (χ4v) is 8.68. The molecule has 0 saturated carbocycles.